The second-order valence-corrected chi connectivity index (χ2v) is 5.91. The minimum atomic E-state index is -0.116. The van der Waals surface area contributed by atoms with Crippen LogP contribution in [-0.4, -0.2) is 36.7 Å². The van der Waals surface area contributed by atoms with E-state index >= 15 is 0 Å². The first-order chi connectivity index (χ1) is 11.6. The van der Waals surface area contributed by atoms with Crippen molar-refractivity contribution >= 4 is 5.91 Å². The van der Waals surface area contributed by atoms with Crippen molar-refractivity contribution in [1.82, 2.24) is 30.1 Å². The van der Waals surface area contributed by atoms with E-state index < -0.39 is 0 Å². The molecular formula is C17H20N6O. The number of amides is 1. The predicted molar refractivity (Wildman–Crippen MR) is 89.7 cm³/mol. The van der Waals surface area contributed by atoms with Crippen molar-refractivity contribution < 1.29 is 4.79 Å². The Morgan fingerprint density at radius 1 is 1.12 bits per heavy atom. The van der Waals surface area contributed by atoms with E-state index in [0.29, 0.717) is 12.1 Å². The van der Waals surface area contributed by atoms with Gasteiger partial charge in [0, 0.05) is 18.0 Å². The van der Waals surface area contributed by atoms with Gasteiger partial charge in [-0.1, -0.05) is 19.9 Å². The third-order valence-corrected chi connectivity index (χ3v) is 3.83. The number of hydrogen-bond acceptors (Lipinski definition) is 4. The van der Waals surface area contributed by atoms with Crippen LogP contribution < -0.4 is 5.32 Å². The molecule has 0 bridgehead atoms. The molecule has 0 aliphatic heterocycles. The lowest BCUT2D eigenvalue weighted by Gasteiger charge is -2.22. The van der Waals surface area contributed by atoms with Crippen LogP contribution in [0, 0.1) is 5.92 Å². The zero-order chi connectivity index (χ0) is 16.9. The Bertz CT molecular complexity index is 779. The van der Waals surface area contributed by atoms with Crippen LogP contribution in [0.1, 0.15) is 24.2 Å². The van der Waals surface area contributed by atoms with Gasteiger partial charge in [-0.3, -0.25) is 4.79 Å². The summed E-state index contributed by atoms with van der Waals surface area (Å²) in [5, 5.41) is 15.5. The van der Waals surface area contributed by atoms with Crippen LogP contribution in [0.25, 0.3) is 5.69 Å². The number of hydrogen-bond donors (Lipinski definition) is 1. The second kappa shape index (κ2) is 7.08. The van der Waals surface area contributed by atoms with E-state index in [9.17, 15) is 4.79 Å². The van der Waals surface area contributed by atoms with Gasteiger partial charge < -0.3 is 5.32 Å². The Labute approximate surface area is 140 Å². The van der Waals surface area contributed by atoms with Gasteiger partial charge in [-0.2, -0.15) is 20.1 Å². The molecule has 0 fully saturated rings. The van der Waals surface area contributed by atoms with Crippen molar-refractivity contribution in [2.75, 3.05) is 0 Å². The molecule has 1 N–H and O–H groups in total. The summed E-state index contributed by atoms with van der Waals surface area (Å²) >= 11 is 0. The van der Waals surface area contributed by atoms with Crippen LogP contribution in [0.15, 0.2) is 55.1 Å². The molecule has 1 amide bonds. The molecule has 24 heavy (non-hydrogen) atoms. The zero-order valence-electron chi connectivity index (χ0n) is 13.7. The summed E-state index contributed by atoms with van der Waals surface area (Å²) in [5.74, 6) is 0.143. The summed E-state index contributed by atoms with van der Waals surface area (Å²) in [6.07, 6.45) is 6.81. The Hall–Kier alpha value is -2.96. The molecule has 0 radical (unpaired) electrons. The molecule has 7 heteroatoms. The van der Waals surface area contributed by atoms with E-state index in [1.54, 1.807) is 34.1 Å². The minimum absolute atomic E-state index is 0.0572. The molecule has 3 rings (SSSR count). The lowest BCUT2D eigenvalue weighted by atomic mass is 10.0. The van der Waals surface area contributed by atoms with Crippen LogP contribution >= 0.6 is 0 Å². The maximum atomic E-state index is 12.6. The highest BCUT2D eigenvalue weighted by Gasteiger charge is 2.18. The van der Waals surface area contributed by atoms with Crippen molar-refractivity contribution in [1.29, 1.82) is 0 Å². The average molecular weight is 324 g/mol. The van der Waals surface area contributed by atoms with Crippen molar-refractivity contribution in [3.8, 4) is 5.69 Å². The Morgan fingerprint density at radius 2 is 1.92 bits per heavy atom. The second-order valence-electron chi connectivity index (χ2n) is 5.91. The third kappa shape index (κ3) is 3.68. The normalized spacial score (nSPS) is 12.3. The van der Waals surface area contributed by atoms with Crippen LogP contribution in [0.2, 0.25) is 0 Å². The molecule has 0 saturated heterocycles. The number of carbonyl (C=O) groups excluding carboxylic acids is 1. The third-order valence-electron chi connectivity index (χ3n) is 3.83. The molecule has 3 aromatic rings. The maximum Gasteiger partial charge on any atom is 0.251 e. The number of nitrogens with one attached hydrogen (secondary N) is 1. The largest absolute Gasteiger partial charge is 0.347 e. The summed E-state index contributed by atoms with van der Waals surface area (Å²) in [5.41, 5.74) is 1.45. The first-order valence-electron chi connectivity index (χ1n) is 7.88. The lowest BCUT2D eigenvalue weighted by molar-refractivity contribution is 0.0918. The number of nitrogens with zero attached hydrogens (tertiary/aromatic N) is 5. The molecule has 1 unspecified atom stereocenters. The van der Waals surface area contributed by atoms with Crippen LogP contribution in [0.4, 0.5) is 0 Å². The number of benzene rings is 1. The topological polar surface area (TPSA) is 77.6 Å². The first kappa shape index (κ1) is 15.9. The summed E-state index contributed by atoms with van der Waals surface area (Å²) < 4.78 is 1.73. The number of aromatic nitrogens is 5. The predicted octanol–water partition coefficient (Wildman–Crippen LogP) is 1.92. The molecule has 1 aromatic carbocycles. The fraction of sp³-hybridized carbons (Fsp3) is 0.294. The Balaban J connectivity index is 1.74. The molecule has 0 saturated carbocycles. The standard InChI is InChI=1S/C17H20N6O/c1-13(2)16(12-23-19-8-9-20-23)21-17(24)14-5-3-6-15(11-14)22-10-4-7-18-22/h3-11,13,16H,12H2,1-2H3,(H,21,24). The van der Waals surface area contributed by atoms with Gasteiger partial charge in [0.1, 0.15) is 0 Å². The van der Waals surface area contributed by atoms with E-state index in [1.807, 2.05) is 30.5 Å². The van der Waals surface area contributed by atoms with Gasteiger partial charge in [-0.15, -0.1) is 0 Å². The van der Waals surface area contributed by atoms with Gasteiger partial charge in [0.05, 0.1) is 30.7 Å². The SMILES string of the molecule is CC(C)C(Cn1nccn1)NC(=O)c1cccc(-n2cccn2)c1. The van der Waals surface area contributed by atoms with E-state index in [2.05, 4.69) is 34.5 Å². The summed E-state index contributed by atoms with van der Waals surface area (Å²) in [4.78, 5) is 14.2. The fourth-order valence-corrected chi connectivity index (χ4v) is 2.40. The highest BCUT2D eigenvalue weighted by atomic mass is 16.1. The highest BCUT2D eigenvalue weighted by molar-refractivity contribution is 5.94. The van der Waals surface area contributed by atoms with Gasteiger partial charge in [0.25, 0.3) is 5.91 Å². The molecule has 0 aliphatic rings. The first-order valence-corrected chi connectivity index (χ1v) is 7.88. The average Bonchev–Trinajstić information content (AvgIpc) is 3.28. The number of carbonyl (C=O) groups is 1. The summed E-state index contributed by atoms with van der Waals surface area (Å²) in [6.45, 7) is 4.67. The molecule has 124 valence electrons. The van der Waals surface area contributed by atoms with Gasteiger partial charge in [0.15, 0.2) is 0 Å². The summed E-state index contributed by atoms with van der Waals surface area (Å²) in [7, 11) is 0. The molecule has 2 aromatic heterocycles. The van der Waals surface area contributed by atoms with Gasteiger partial charge >= 0.3 is 0 Å². The van der Waals surface area contributed by atoms with Crippen molar-refractivity contribution in [3.05, 3.63) is 60.7 Å². The van der Waals surface area contributed by atoms with E-state index in [0.717, 1.165) is 5.69 Å². The van der Waals surface area contributed by atoms with E-state index in [-0.39, 0.29) is 17.9 Å². The van der Waals surface area contributed by atoms with Crippen molar-refractivity contribution in [2.45, 2.75) is 26.4 Å². The van der Waals surface area contributed by atoms with Crippen LogP contribution in [0.3, 0.4) is 0 Å². The lowest BCUT2D eigenvalue weighted by Crippen LogP contribution is -2.42. The Kier molecular flexibility index (Phi) is 4.69. The molecule has 1 atom stereocenters. The fourth-order valence-electron chi connectivity index (χ4n) is 2.40. The smallest absolute Gasteiger partial charge is 0.251 e. The maximum absolute atomic E-state index is 12.6. The molecular weight excluding hydrogens is 304 g/mol. The van der Waals surface area contributed by atoms with E-state index in [4.69, 9.17) is 0 Å². The zero-order valence-corrected chi connectivity index (χ0v) is 13.7. The van der Waals surface area contributed by atoms with Gasteiger partial charge in [-0.05, 0) is 30.2 Å². The minimum Gasteiger partial charge on any atom is -0.347 e. The molecule has 0 aliphatic carbocycles. The van der Waals surface area contributed by atoms with Crippen LogP contribution in [-0.2, 0) is 6.54 Å². The molecule has 7 nitrogen and oxygen atoms in total. The van der Waals surface area contributed by atoms with Gasteiger partial charge in [0.2, 0.25) is 0 Å². The van der Waals surface area contributed by atoms with E-state index in [1.165, 1.54) is 0 Å². The number of rotatable bonds is 6. The molecule has 2 heterocycles. The van der Waals surface area contributed by atoms with Crippen LogP contribution in [0.5, 0.6) is 0 Å². The highest BCUT2D eigenvalue weighted by Crippen LogP contribution is 2.11. The summed E-state index contributed by atoms with van der Waals surface area (Å²) in [6, 6.07) is 9.18. The monoisotopic (exact) mass is 324 g/mol. The quantitative estimate of drug-likeness (QED) is 0.751. The van der Waals surface area contributed by atoms with Crippen molar-refractivity contribution in [2.24, 2.45) is 5.92 Å². The molecule has 0 spiro atoms. The van der Waals surface area contributed by atoms with Gasteiger partial charge in [-0.25, -0.2) is 4.68 Å². The Morgan fingerprint density at radius 3 is 2.58 bits per heavy atom. The van der Waals surface area contributed by atoms with Crippen molar-refractivity contribution in [3.63, 3.8) is 0 Å².